The smallest absolute Gasteiger partial charge is 0.243 e. The largest absolute Gasteiger partial charge is 0.497 e. The van der Waals surface area contributed by atoms with Gasteiger partial charge in [0.05, 0.1) is 12.0 Å². The van der Waals surface area contributed by atoms with Crippen LogP contribution in [0, 0.1) is 5.41 Å². The van der Waals surface area contributed by atoms with Crippen molar-refractivity contribution in [2.75, 3.05) is 33.3 Å². The number of rotatable bonds is 3. The minimum Gasteiger partial charge on any atom is -0.497 e. The molecule has 132 valence electrons. The van der Waals surface area contributed by atoms with Gasteiger partial charge in [0.2, 0.25) is 15.9 Å². The molecule has 0 aromatic heterocycles. The van der Waals surface area contributed by atoms with E-state index in [4.69, 9.17) is 4.74 Å². The van der Waals surface area contributed by atoms with Crippen LogP contribution < -0.4 is 4.74 Å². The number of benzene rings is 1. The van der Waals surface area contributed by atoms with E-state index in [1.54, 1.807) is 35.5 Å². The number of piperidine rings is 1. The predicted molar refractivity (Wildman–Crippen MR) is 90.3 cm³/mol. The van der Waals surface area contributed by atoms with E-state index in [-0.39, 0.29) is 16.2 Å². The summed E-state index contributed by atoms with van der Waals surface area (Å²) in [6.07, 6.45) is 2.61. The number of nitrogens with zero attached hydrogens (tertiary/aromatic N) is 2. The zero-order chi connectivity index (χ0) is 17.4. The quantitative estimate of drug-likeness (QED) is 0.831. The molecule has 7 heteroatoms. The molecule has 1 aromatic carbocycles. The molecule has 0 atom stereocenters. The molecule has 3 rings (SSSR count). The highest BCUT2D eigenvalue weighted by molar-refractivity contribution is 7.89. The Kier molecular flexibility index (Phi) is 4.57. The van der Waals surface area contributed by atoms with Crippen molar-refractivity contribution in [2.24, 2.45) is 5.41 Å². The van der Waals surface area contributed by atoms with E-state index in [0.717, 1.165) is 32.4 Å². The molecule has 2 saturated heterocycles. The van der Waals surface area contributed by atoms with Crippen molar-refractivity contribution < 1.29 is 17.9 Å². The molecule has 0 radical (unpaired) electrons. The van der Waals surface area contributed by atoms with Crippen LogP contribution in [0.15, 0.2) is 29.2 Å². The average Bonchev–Trinajstić information content (AvgIpc) is 3.00. The first-order valence-corrected chi connectivity index (χ1v) is 9.70. The molecule has 2 fully saturated rings. The van der Waals surface area contributed by atoms with E-state index in [1.165, 1.54) is 7.11 Å². The van der Waals surface area contributed by atoms with Crippen LogP contribution in [-0.2, 0) is 14.8 Å². The molecule has 1 aromatic rings. The maximum atomic E-state index is 12.9. The summed E-state index contributed by atoms with van der Waals surface area (Å²) in [5.41, 5.74) is 0.0118. The summed E-state index contributed by atoms with van der Waals surface area (Å²) in [7, 11) is -1.98. The maximum absolute atomic E-state index is 12.9. The number of likely N-dealkylation sites (tertiary alicyclic amines) is 1. The van der Waals surface area contributed by atoms with Gasteiger partial charge < -0.3 is 9.64 Å². The summed E-state index contributed by atoms with van der Waals surface area (Å²) in [5.74, 6) is 0.642. The molecule has 0 bridgehead atoms. The van der Waals surface area contributed by atoms with E-state index in [2.05, 4.69) is 0 Å². The SMILES string of the molecule is COc1cccc(S(=O)(=O)N2CCC3(CCN(C(C)=O)CC3)C2)c1. The number of hydrogen-bond acceptors (Lipinski definition) is 4. The number of methoxy groups -OCH3 is 1. The lowest BCUT2D eigenvalue weighted by molar-refractivity contribution is -0.131. The molecular formula is C17H24N2O4S. The Morgan fingerprint density at radius 1 is 1.17 bits per heavy atom. The molecule has 0 aliphatic carbocycles. The minimum atomic E-state index is -3.50. The normalized spacial score (nSPS) is 21.2. The molecule has 0 saturated carbocycles. The van der Waals surface area contributed by atoms with Crippen molar-refractivity contribution in [3.8, 4) is 5.75 Å². The number of amides is 1. The fraction of sp³-hybridized carbons (Fsp3) is 0.588. The molecule has 6 nitrogen and oxygen atoms in total. The van der Waals surface area contributed by atoms with Gasteiger partial charge in [-0.05, 0) is 36.8 Å². The van der Waals surface area contributed by atoms with Crippen LogP contribution in [0.1, 0.15) is 26.2 Å². The van der Waals surface area contributed by atoms with Crippen molar-refractivity contribution in [3.63, 3.8) is 0 Å². The van der Waals surface area contributed by atoms with Crippen LogP contribution >= 0.6 is 0 Å². The molecule has 1 spiro atoms. The summed E-state index contributed by atoms with van der Waals surface area (Å²) in [6, 6.07) is 6.62. The molecular weight excluding hydrogens is 328 g/mol. The van der Waals surface area contributed by atoms with E-state index in [1.807, 2.05) is 4.90 Å². The summed E-state index contributed by atoms with van der Waals surface area (Å²) in [4.78, 5) is 13.6. The predicted octanol–water partition coefficient (Wildman–Crippen LogP) is 1.72. The first-order chi connectivity index (χ1) is 11.4. The molecule has 1 amide bonds. The van der Waals surface area contributed by atoms with Crippen molar-refractivity contribution in [2.45, 2.75) is 31.1 Å². The molecule has 24 heavy (non-hydrogen) atoms. The number of carbonyl (C=O) groups excluding carboxylic acids is 1. The summed E-state index contributed by atoms with van der Waals surface area (Å²) >= 11 is 0. The Hall–Kier alpha value is -1.60. The second-order valence-corrected chi connectivity index (χ2v) is 8.71. The van der Waals surface area contributed by atoms with Gasteiger partial charge in [-0.25, -0.2) is 8.42 Å². The van der Waals surface area contributed by atoms with Crippen LogP contribution in [0.25, 0.3) is 0 Å². The van der Waals surface area contributed by atoms with Crippen LogP contribution in [0.5, 0.6) is 5.75 Å². The lowest BCUT2D eigenvalue weighted by Crippen LogP contribution is -2.43. The minimum absolute atomic E-state index is 0.0118. The average molecular weight is 352 g/mol. The third-order valence-corrected chi connectivity index (χ3v) is 7.19. The van der Waals surface area contributed by atoms with Gasteiger partial charge in [0, 0.05) is 39.2 Å². The maximum Gasteiger partial charge on any atom is 0.243 e. The van der Waals surface area contributed by atoms with Crippen LogP contribution in [0.2, 0.25) is 0 Å². The van der Waals surface area contributed by atoms with E-state index < -0.39 is 10.0 Å². The highest BCUT2D eigenvalue weighted by Crippen LogP contribution is 2.42. The van der Waals surface area contributed by atoms with Gasteiger partial charge in [-0.1, -0.05) is 6.07 Å². The molecule has 2 aliphatic rings. The van der Waals surface area contributed by atoms with Crippen molar-refractivity contribution in [1.82, 2.24) is 9.21 Å². The summed E-state index contributed by atoms with van der Waals surface area (Å²) in [6.45, 7) is 4.12. The van der Waals surface area contributed by atoms with Crippen LogP contribution in [0.4, 0.5) is 0 Å². The Labute approximate surface area is 143 Å². The van der Waals surface area contributed by atoms with Crippen molar-refractivity contribution in [1.29, 1.82) is 0 Å². The number of carbonyl (C=O) groups is 1. The number of sulfonamides is 1. The Balaban J connectivity index is 1.74. The van der Waals surface area contributed by atoms with E-state index in [9.17, 15) is 13.2 Å². The zero-order valence-electron chi connectivity index (χ0n) is 14.2. The second-order valence-electron chi connectivity index (χ2n) is 6.77. The van der Waals surface area contributed by atoms with Crippen molar-refractivity contribution >= 4 is 15.9 Å². The molecule has 0 unspecified atom stereocenters. The lowest BCUT2D eigenvalue weighted by atomic mass is 9.78. The standard InChI is InChI=1S/C17H24N2O4S/c1-14(20)18-9-6-17(7-10-18)8-11-19(13-17)24(21,22)16-5-3-4-15(12-16)23-2/h3-5,12H,6-11,13H2,1-2H3. The molecule has 2 aliphatic heterocycles. The van der Waals surface area contributed by atoms with E-state index in [0.29, 0.717) is 18.8 Å². The summed E-state index contributed by atoms with van der Waals surface area (Å²) in [5, 5.41) is 0. The van der Waals surface area contributed by atoms with Crippen LogP contribution in [0.3, 0.4) is 0 Å². The molecule has 2 heterocycles. The van der Waals surface area contributed by atoms with Gasteiger partial charge in [0.25, 0.3) is 0 Å². The number of hydrogen-bond donors (Lipinski definition) is 0. The first-order valence-electron chi connectivity index (χ1n) is 8.26. The van der Waals surface area contributed by atoms with Crippen molar-refractivity contribution in [3.05, 3.63) is 24.3 Å². The monoisotopic (exact) mass is 352 g/mol. The second kappa shape index (κ2) is 6.37. The first kappa shape index (κ1) is 17.2. The Bertz CT molecular complexity index is 724. The van der Waals surface area contributed by atoms with Gasteiger partial charge in [-0.15, -0.1) is 0 Å². The lowest BCUT2D eigenvalue weighted by Gasteiger charge is -2.38. The Morgan fingerprint density at radius 3 is 2.46 bits per heavy atom. The zero-order valence-corrected chi connectivity index (χ0v) is 15.0. The van der Waals surface area contributed by atoms with E-state index >= 15 is 0 Å². The van der Waals surface area contributed by atoms with Gasteiger partial charge in [-0.2, -0.15) is 4.31 Å². The highest BCUT2D eigenvalue weighted by Gasteiger charge is 2.44. The number of ether oxygens (including phenoxy) is 1. The summed E-state index contributed by atoms with van der Waals surface area (Å²) < 4.78 is 32.5. The van der Waals surface area contributed by atoms with Gasteiger partial charge in [-0.3, -0.25) is 4.79 Å². The van der Waals surface area contributed by atoms with Gasteiger partial charge >= 0.3 is 0 Å². The highest BCUT2D eigenvalue weighted by atomic mass is 32.2. The Morgan fingerprint density at radius 2 is 1.83 bits per heavy atom. The molecule has 0 N–H and O–H groups in total. The fourth-order valence-corrected chi connectivity index (χ4v) is 5.30. The van der Waals surface area contributed by atoms with Gasteiger partial charge in [0.15, 0.2) is 0 Å². The topological polar surface area (TPSA) is 66.9 Å². The third-order valence-electron chi connectivity index (χ3n) is 5.35. The third kappa shape index (κ3) is 3.15. The fourth-order valence-electron chi connectivity index (χ4n) is 3.71. The van der Waals surface area contributed by atoms with Gasteiger partial charge in [0.1, 0.15) is 5.75 Å². The van der Waals surface area contributed by atoms with Crippen LogP contribution in [-0.4, -0.2) is 56.8 Å².